The van der Waals surface area contributed by atoms with Gasteiger partial charge < -0.3 is 9.59 Å². The van der Waals surface area contributed by atoms with Crippen molar-refractivity contribution in [3.05, 3.63) is 78.4 Å². The molecular weight excluding hydrogens is 396 g/mol. The molecule has 0 amide bonds. The minimum atomic E-state index is -1.46. The zero-order chi connectivity index (χ0) is 23.2. The molecule has 0 N–H and O–H groups in total. The van der Waals surface area contributed by atoms with Crippen LogP contribution in [0.25, 0.3) is 0 Å². The number of hydrogen-bond donors (Lipinski definition) is 0. The van der Waals surface area contributed by atoms with E-state index in [0.717, 1.165) is 4.48 Å². The Labute approximate surface area is 173 Å². The van der Waals surface area contributed by atoms with Crippen molar-refractivity contribution in [2.75, 3.05) is 21.1 Å². The maximum Gasteiger partial charge on any atom is 0.283 e. The standard InChI is InChI=1S/C13H22N.C6H3N3O7/c1-11(12(2)14(3,4)5)13-9-7-6-8-10-13;10-6-4(8(13)14)1-3(7(11)12)2-5(6)9(15)16/h6-12H,1-5H3;1-2,10H/q+1;/p-1. The summed E-state index contributed by atoms with van der Waals surface area (Å²) in [4.78, 5) is 27.5. The van der Waals surface area contributed by atoms with Gasteiger partial charge in [-0.3, -0.25) is 30.3 Å². The third-order valence-corrected chi connectivity index (χ3v) is 4.91. The zero-order valence-corrected chi connectivity index (χ0v) is 17.3. The molecule has 11 nitrogen and oxygen atoms in total. The minimum Gasteiger partial charge on any atom is -0.863 e. The first-order chi connectivity index (χ1) is 13.8. The normalized spacial score (nSPS) is 12.8. The molecule has 0 spiro atoms. The van der Waals surface area contributed by atoms with E-state index in [4.69, 9.17) is 0 Å². The van der Waals surface area contributed by atoms with Gasteiger partial charge in [0.25, 0.3) is 17.1 Å². The Morgan fingerprint density at radius 3 is 1.57 bits per heavy atom. The van der Waals surface area contributed by atoms with Gasteiger partial charge in [0.1, 0.15) is 0 Å². The van der Waals surface area contributed by atoms with Gasteiger partial charge in [-0.05, 0) is 12.5 Å². The summed E-state index contributed by atoms with van der Waals surface area (Å²) in [7, 11) is 6.76. The fourth-order valence-corrected chi connectivity index (χ4v) is 2.67. The predicted octanol–water partition coefficient (Wildman–Crippen LogP) is 3.37. The molecule has 162 valence electrons. The number of nitro groups is 3. The van der Waals surface area contributed by atoms with Crippen LogP contribution >= 0.6 is 0 Å². The third-order valence-electron chi connectivity index (χ3n) is 4.91. The lowest BCUT2D eigenvalue weighted by Crippen LogP contribution is -2.45. The van der Waals surface area contributed by atoms with Crippen LogP contribution in [0, 0.1) is 30.3 Å². The summed E-state index contributed by atoms with van der Waals surface area (Å²) in [5.41, 5.74) is -1.83. The third kappa shape index (κ3) is 6.21. The molecule has 0 fully saturated rings. The van der Waals surface area contributed by atoms with Gasteiger partial charge >= 0.3 is 0 Å². The first-order valence-corrected chi connectivity index (χ1v) is 8.91. The quantitative estimate of drug-likeness (QED) is 0.394. The highest BCUT2D eigenvalue weighted by Crippen LogP contribution is 2.36. The highest BCUT2D eigenvalue weighted by atomic mass is 16.6. The smallest absolute Gasteiger partial charge is 0.283 e. The van der Waals surface area contributed by atoms with Crippen LogP contribution in [-0.4, -0.2) is 46.4 Å². The monoisotopic (exact) mass is 420 g/mol. The highest BCUT2D eigenvalue weighted by Gasteiger charge is 2.26. The van der Waals surface area contributed by atoms with E-state index in [-0.39, 0.29) is 0 Å². The number of hydrogen-bond acceptors (Lipinski definition) is 7. The molecule has 0 bridgehead atoms. The summed E-state index contributed by atoms with van der Waals surface area (Å²) in [6, 6.07) is 12.2. The molecule has 2 rings (SSSR count). The largest absolute Gasteiger partial charge is 0.863 e. The van der Waals surface area contributed by atoms with Crippen LogP contribution in [0.2, 0.25) is 0 Å². The Morgan fingerprint density at radius 2 is 1.23 bits per heavy atom. The number of benzene rings is 2. The van der Waals surface area contributed by atoms with E-state index in [1.165, 1.54) is 5.56 Å². The number of non-ortho nitro benzene ring substituents is 1. The van der Waals surface area contributed by atoms with Crippen LogP contribution < -0.4 is 5.11 Å². The summed E-state index contributed by atoms with van der Waals surface area (Å²) in [6.07, 6.45) is 0. The maximum absolute atomic E-state index is 11.1. The molecule has 0 saturated carbocycles. The molecule has 0 aliphatic heterocycles. The molecule has 0 saturated heterocycles. The average Bonchev–Trinajstić information content (AvgIpc) is 2.66. The average molecular weight is 420 g/mol. The van der Waals surface area contributed by atoms with Crippen LogP contribution in [-0.2, 0) is 0 Å². The second kappa shape index (κ2) is 9.74. The summed E-state index contributed by atoms with van der Waals surface area (Å²) < 4.78 is 1.01. The van der Waals surface area contributed by atoms with E-state index >= 15 is 0 Å². The molecule has 11 heteroatoms. The van der Waals surface area contributed by atoms with Crippen LogP contribution in [0.1, 0.15) is 25.3 Å². The molecule has 2 aromatic rings. The first-order valence-electron chi connectivity index (χ1n) is 8.91. The van der Waals surface area contributed by atoms with Crippen molar-refractivity contribution < 1.29 is 24.4 Å². The zero-order valence-electron chi connectivity index (χ0n) is 17.3. The number of rotatable bonds is 6. The summed E-state index contributed by atoms with van der Waals surface area (Å²) in [5.74, 6) is -0.850. The van der Waals surface area contributed by atoms with Gasteiger partial charge in [-0.1, -0.05) is 37.3 Å². The maximum atomic E-state index is 11.1. The minimum absolute atomic E-state index is 0.384. The molecular formula is C19H24N4O7. The van der Waals surface area contributed by atoms with E-state index in [2.05, 4.69) is 65.3 Å². The van der Waals surface area contributed by atoms with Crippen LogP contribution in [0.3, 0.4) is 0 Å². The van der Waals surface area contributed by atoms with Gasteiger partial charge in [0.2, 0.25) is 0 Å². The second-order valence-electron chi connectivity index (χ2n) is 7.64. The second-order valence-corrected chi connectivity index (χ2v) is 7.64. The molecule has 0 aliphatic rings. The van der Waals surface area contributed by atoms with Gasteiger partial charge in [-0.15, -0.1) is 0 Å². The van der Waals surface area contributed by atoms with Crippen molar-refractivity contribution >= 4 is 17.1 Å². The number of quaternary nitrogens is 1. The predicted molar refractivity (Wildman–Crippen MR) is 108 cm³/mol. The lowest BCUT2D eigenvalue weighted by atomic mass is 9.93. The van der Waals surface area contributed by atoms with Crippen molar-refractivity contribution in [1.29, 1.82) is 0 Å². The number of nitro benzene ring substituents is 3. The molecule has 0 heterocycles. The Bertz CT molecular complexity index is 891. The van der Waals surface area contributed by atoms with Gasteiger partial charge in [0.05, 0.1) is 59.8 Å². The SMILES string of the molecule is CC(c1ccccc1)C(C)[N+](C)(C)C.O=[N+]([O-])c1cc([N+](=O)[O-])c([O-])c([N+](=O)[O-])c1. The van der Waals surface area contributed by atoms with E-state index in [9.17, 15) is 35.4 Å². The van der Waals surface area contributed by atoms with E-state index in [0.29, 0.717) is 24.1 Å². The lowest BCUT2D eigenvalue weighted by Gasteiger charge is -2.35. The van der Waals surface area contributed by atoms with Crippen molar-refractivity contribution in [2.24, 2.45) is 0 Å². The van der Waals surface area contributed by atoms with E-state index in [1.807, 2.05) is 0 Å². The fourth-order valence-electron chi connectivity index (χ4n) is 2.67. The molecule has 0 aromatic heterocycles. The van der Waals surface area contributed by atoms with Gasteiger partial charge in [-0.2, -0.15) is 0 Å². The van der Waals surface area contributed by atoms with E-state index in [1.54, 1.807) is 0 Å². The Morgan fingerprint density at radius 1 is 0.800 bits per heavy atom. The summed E-state index contributed by atoms with van der Waals surface area (Å²) in [5, 5.41) is 42.1. The summed E-state index contributed by atoms with van der Waals surface area (Å²) >= 11 is 0. The Balaban J connectivity index is 0.000000303. The lowest BCUT2D eigenvalue weighted by molar-refractivity contribution is -0.895. The first kappa shape index (κ1) is 24.4. The molecule has 2 unspecified atom stereocenters. The molecule has 30 heavy (non-hydrogen) atoms. The number of likely N-dealkylation sites (N-methyl/N-ethyl adjacent to an activating group) is 1. The van der Waals surface area contributed by atoms with Crippen molar-refractivity contribution in [3.8, 4) is 5.75 Å². The molecule has 2 atom stereocenters. The van der Waals surface area contributed by atoms with E-state index < -0.39 is 37.6 Å². The van der Waals surface area contributed by atoms with Crippen LogP contribution in [0.15, 0.2) is 42.5 Å². The molecule has 0 radical (unpaired) electrons. The Kier molecular flexibility index (Phi) is 7.94. The highest BCUT2D eigenvalue weighted by molar-refractivity contribution is 5.64. The number of nitrogens with zero attached hydrogens (tertiary/aromatic N) is 4. The van der Waals surface area contributed by atoms with Crippen molar-refractivity contribution in [3.63, 3.8) is 0 Å². The Hall–Kier alpha value is -3.60. The van der Waals surface area contributed by atoms with Crippen LogP contribution in [0.5, 0.6) is 5.75 Å². The van der Waals surface area contributed by atoms with Crippen LogP contribution in [0.4, 0.5) is 17.1 Å². The van der Waals surface area contributed by atoms with Gasteiger partial charge in [0.15, 0.2) is 0 Å². The molecule has 2 aromatic carbocycles. The summed E-state index contributed by atoms with van der Waals surface area (Å²) in [6.45, 7) is 4.63. The van der Waals surface area contributed by atoms with Gasteiger partial charge in [-0.25, -0.2) is 0 Å². The molecule has 0 aliphatic carbocycles. The van der Waals surface area contributed by atoms with Crippen molar-refractivity contribution in [1.82, 2.24) is 0 Å². The fraction of sp³-hybridized carbons (Fsp3) is 0.368. The van der Waals surface area contributed by atoms with Crippen molar-refractivity contribution in [2.45, 2.75) is 25.8 Å². The van der Waals surface area contributed by atoms with Gasteiger partial charge in [0, 0.05) is 5.92 Å². The topological polar surface area (TPSA) is 152 Å².